The highest BCUT2D eigenvalue weighted by Crippen LogP contribution is 2.43. The van der Waals surface area contributed by atoms with Gasteiger partial charge in [-0.2, -0.15) is 0 Å². The Balaban J connectivity index is 1.65. The first kappa shape index (κ1) is 16.3. The molecule has 0 bridgehead atoms. The number of aromatic nitrogens is 1. The predicted molar refractivity (Wildman–Crippen MR) is 109 cm³/mol. The Labute approximate surface area is 167 Å². The molecule has 140 valence electrons. The first-order valence-corrected chi connectivity index (χ1v) is 9.82. The summed E-state index contributed by atoms with van der Waals surface area (Å²) in [4.78, 5) is 32.8. The van der Waals surface area contributed by atoms with E-state index in [1.54, 1.807) is 36.4 Å². The fraction of sp³-hybridized carbons (Fsp3) is 0.0455. The number of hydrogen-bond acceptors (Lipinski definition) is 6. The summed E-state index contributed by atoms with van der Waals surface area (Å²) in [6, 6.07) is 17.3. The van der Waals surface area contributed by atoms with Crippen LogP contribution in [0.25, 0.3) is 21.2 Å². The highest BCUT2D eigenvalue weighted by atomic mass is 32.1. The van der Waals surface area contributed by atoms with Crippen LogP contribution in [0, 0.1) is 0 Å². The van der Waals surface area contributed by atoms with Crippen molar-refractivity contribution in [2.75, 3.05) is 4.90 Å². The molecular formula is C22H12N2O4S. The SMILES string of the molecule is O=C1c2oc3ccccc3c(=O)c2[C@@H](c2ccco2)N1c1nc2ccccc2s1. The second kappa shape index (κ2) is 5.89. The van der Waals surface area contributed by atoms with Crippen molar-refractivity contribution in [1.29, 1.82) is 0 Å². The topological polar surface area (TPSA) is 76.6 Å². The third-order valence-electron chi connectivity index (χ3n) is 5.08. The summed E-state index contributed by atoms with van der Waals surface area (Å²) in [7, 11) is 0. The molecule has 29 heavy (non-hydrogen) atoms. The molecule has 0 N–H and O–H groups in total. The van der Waals surface area contributed by atoms with E-state index in [1.807, 2.05) is 24.3 Å². The maximum Gasteiger partial charge on any atom is 0.297 e. The van der Waals surface area contributed by atoms with Crippen molar-refractivity contribution in [3.63, 3.8) is 0 Å². The summed E-state index contributed by atoms with van der Waals surface area (Å²) in [6.45, 7) is 0. The number of carbonyl (C=O) groups excluding carboxylic acids is 1. The summed E-state index contributed by atoms with van der Waals surface area (Å²) in [5, 5.41) is 0.925. The molecule has 1 amide bonds. The average molecular weight is 400 g/mol. The normalized spacial score (nSPS) is 16.1. The first-order valence-electron chi connectivity index (χ1n) is 9.00. The van der Waals surface area contributed by atoms with Gasteiger partial charge in [-0.3, -0.25) is 14.5 Å². The third kappa shape index (κ3) is 2.25. The minimum atomic E-state index is -0.728. The van der Waals surface area contributed by atoms with Gasteiger partial charge in [0.15, 0.2) is 10.6 Å². The molecular weight excluding hydrogens is 388 g/mol. The lowest BCUT2D eigenvalue weighted by Gasteiger charge is -2.19. The highest BCUT2D eigenvalue weighted by Gasteiger charge is 2.46. The summed E-state index contributed by atoms with van der Waals surface area (Å²) >= 11 is 1.39. The van der Waals surface area contributed by atoms with Crippen LogP contribution in [0.4, 0.5) is 5.13 Å². The highest BCUT2D eigenvalue weighted by molar-refractivity contribution is 7.22. The number of benzene rings is 2. The molecule has 3 aromatic heterocycles. The molecule has 6 nitrogen and oxygen atoms in total. The van der Waals surface area contributed by atoms with Crippen molar-refractivity contribution >= 4 is 43.6 Å². The van der Waals surface area contributed by atoms with Crippen LogP contribution in [0.1, 0.15) is 27.9 Å². The number of nitrogens with zero attached hydrogens (tertiary/aromatic N) is 2. The quantitative estimate of drug-likeness (QED) is 0.428. The van der Waals surface area contributed by atoms with Crippen LogP contribution >= 0.6 is 11.3 Å². The second-order valence-corrected chi connectivity index (χ2v) is 7.74. The Morgan fingerprint density at radius 1 is 0.966 bits per heavy atom. The van der Waals surface area contributed by atoms with Gasteiger partial charge in [-0.25, -0.2) is 4.98 Å². The molecule has 5 aromatic rings. The van der Waals surface area contributed by atoms with Gasteiger partial charge in [0.25, 0.3) is 5.91 Å². The molecule has 0 saturated carbocycles. The van der Waals surface area contributed by atoms with Crippen LogP contribution in [0.2, 0.25) is 0 Å². The Bertz CT molecular complexity index is 1430. The standard InChI is InChI=1S/C22H12N2O4S/c25-19-12-6-1-3-8-14(12)28-20-17(19)18(15-9-5-11-27-15)24(21(20)26)22-23-13-7-2-4-10-16(13)29-22/h1-11,18H/t18-/m1/s1. The Kier molecular flexibility index (Phi) is 3.30. The van der Waals surface area contributed by atoms with Crippen LogP contribution in [-0.2, 0) is 0 Å². The van der Waals surface area contributed by atoms with Crippen LogP contribution < -0.4 is 10.3 Å². The smallest absolute Gasteiger partial charge is 0.297 e. The van der Waals surface area contributed by atoms with E-state index in [9.17, 15) is 9.59 Å². The van der Waals surface area contributed by atoms with Crippen LogP contribution in [0.5, 0.6) is 0 Å². The maximum absolute atomic E-state index is 13.4. The van der Waals surface area contributed by atoms with Gasteiger partial charge < -0.3 is 8.83 Å². The zero-order valence-electron chi connectivity index (χ0n) is 14.9. The minimum absolute atomic E-state index is 0.0364. The van der Waals surface area contributed by atoms with E-state index >= 15 is 0 Å². The van der Waals surface area contributed by atoms with Gasteiger partial charge in [0, 0.05) is 0 Å². The monoisotopic (exact) mass is 400 g/mol. The Morgan fingerprint density at radius 3 is 2.62 bits per heavy atom. The van der Waals surface area contributed by atoms with Crippen molar-refractivity contribution in [3.05, 3.63) is 94.2 Å². The summed E-state index contributed by atoms with van der Waals surface area (Å²) in [5.41, 5.74) is 1.22. The van der Waals surface area contributed by atoms with Crippen LogP contribution in [-0.4, -0.2) is 10.9 Å². The van der Waals surface area contributed by atoms with Crippen molar-refractivity contribution in [1.82, 2.24) is 4.98 Å². The Hall–Kier alpha value is -3.71. The van der Waals surface area contributed by atoms with Gasteiger partial charge in [0.1, 0.15) is 17.4 Å². The van der Waals surface area contributed by atoms with Gasteiger partial charge in [-0.1, -0.05) is 35.6 Å². The molecule has 1 aliphatic rings. The average Bonchev–Trinajstić information content (AvgIpc) is 3.46. The maximum atomic E-state index is 13.4. The van der Waals surface area contributed by atoms with Gasteiger partial charge in [0.05, 0.1) is 27.4 Å². The number of fused-ring (bicyclic) bond motifs is 3. The minimum Gasteiger partial charge on any atom is -0.467 e. The predicted octanol–water partition coefficient (Wildman–Crippen LogP) is 4.75. The van der Waals surface area contributed by atoms with E-state index in [4.69, 9.17) is 8.83 Å². The number of rotatable bonds is 2. The summed E-state index contributed by atoms with van der Waals surface area (Å²) < 4.78 is 12.5. The van der Waals surface area contributed by atoms with Crippen molar-refractivity contribution in [2.24, 2.45) is 0 Å². The molecule has 0 radical (unpaired) electrons. The lowest BCUT2D eigenvalue weighted by atomic mass is 10.0. The zero-order chi connectivity index (χ0) is 19.5. The fourth-order valence-electron chi connectivity index (χ4n) is 3.80. The van der Waals surface area contributed by atoms with Crippen molar-refractivity contribution in [2.45, 2.75) is 6.04 Å². The van der Waals surface area contributed by atoms with E-state index < -0.39 is 11.9 Å². The van der Waals surface area contributed by atoms with Gasteiger partial charge in [0.2, 0.25) is 5.76 Å². The van der Waals surface area contributed by atoms with E-state index in [-0.39, 0.29) is 16.8 Å². The lowest BCUT2D eigenvalue weighted by Crippen LogP contribution is -2.29. The van der Waals surface area contributed by atoms with Gasteiger partial charge >= 0.3 is 0 Å². The Morgan fingerprint density at radius 2 is 1.79 bits per heavy atom. The van der Waals surface area contributed by atoms with Gasteiger partial charge in [-0.15, -0.1) is 0 Å². The second-order valence-electron chi connectivity index (χ2n) is 6.73. The number of anilines is 1. The molecule has 0 aliphatic carbocycles. The molecule has 1 atom stereocenters. The summed E-state index contributed by atoms with van der Waals surface area (Å²) in [5.74, 6) is 0.122. The molecule has 0 fully saturated rings. The van der Waals surface area contributed by atoms with Crippen LogP contribution in [0.3, 0.4) is 0 Å². The number of furan rings is 1. The number of para-hydroxylation sites is 2. The van der Waals surface area contributed by atoms with Crippen molar-refractivity contribution < 1.29 is 13.6 Å². The molecule has 2 aromatic carbocycles. The van der Waals surface area contributed by atoms with Gasteiger partial charge in [-0.05, 0) is 36.4 Å². The van der Waals surface area contributed by atoms with E-state index in [2.05, 4.69) is 4.98 Å². The first-order chi connectivity index (χ1) is 14.2. The van der Waals surface area contributed by atoms with E-state index in [0.29, 0.717) is 21.9 Å². The third-order valence-corrected chi connectivity index (χ3v) is 6.11. The zero-order valence-corrected chi connectivity index (χ0v) is 15.7. The molecule has 0 unspecified atom stereocenters. The number of amides is 1. The molecule has 7 heteroatoms. The largest absolute Gasteiger partial charge is 0.467 e. The van der Waals surface area contributed by atoms with E-state index in [1.165, 1.54) is 22.5 Å². The molecule has 6 rings (SSSR count). The molecule has 1 aliphatic heterocycles. The molecule has 4 heterocycles. The number of thiazole rings is 1. The van der Waals surface area contributed by atoms with E-state index in [0.717, 1.165) is 10.2 Å². The van der Waals surface area contributed by atoms with Crippen LogP contribution in [0.15, 0.2) is 80.6 Å². The lowest BCUT2D eigenvalue weighted by molar-refractivity contribution is 0.0969. The van der Waals surface area contributed by atoms with Crippen molar-refractivity contribution in [3.8, 4) is 0 Å². The number of carbonyl (C=O) groups is 1. The molecule has 0 saturated heterocycles. The molecule has 0 spiro atoms. The number of hydrogen-bond donors (Lipinski definition) is 0. The fourth-order valence-corrected chi connectivity index (χ4v) is 4.79. The summed E-state index contributed by atoms with van der Waals surface area (Å²) in [6.07, 6.45) is 1.52.